The van der Waals surface area contributed by atoms with Gasteiger partial charge < -0.3 is 9.57 Å². The van der Waals surface area contributed by atoms with Crippen molar-refractivity contribution < 1.29 is 9.57 Å². The van der Waals surface area contributed by atoms with E-state index in [-0.39, 0.29) is 0 Å². The van der Waals surface area contributed by atoms with Crippen molar-refractivity contribution in [2.45, 2.75) is 26.9 Å². The van der Waals surface area contributed by atoms with Gasteiger partial charge in [-0.3, -0.25) is 0 Å². The third-order valence-corrected chi connectivity index (χ3v) is 2.20. The second-order valence-electron chi connectivity index (χ2n) is 4.49. The van der Waals surface area contributed by atoms with E-state index < -0.39 is 0 Å². The molecule has 3 heteroatoms. The lowest BCUT2D eigenvalue weighted by Gasteiger charge is -2.08. The summed E-state index contributed by atoms with van der Waals surface area (Å²) in [6, 6.07) is 10.2. The molecule has 0 bridgehead atoms. The van der Waals surface area contributed by atoms with E-state index in [1.54, 1.807) is 0 Å². The summed E-state index contributed by atoms with van der Waals surface area (Å²) < 4.78 is 5.55. The van der Waals surface area contributed by atoms with Crippen molar-refractivity contribution >= 4 is 0 Å². The summed E-state index contributed by atoms with van der Waals surface area (Å²) in [4.78, 5) is 5.25. The molecule has 3 nitrogen and oxygen atoms in total. The summed E-state index contributed by atoms with van der Waals surface area (Å²) in [5.41, 5.74) is 4.15. The highest BCUT2D eigenvalue weighted by atomic mass is 16.6. The van der Waals surface area contributed by atoms with E-state index in [0.29, 0.717) is 12.5 Å². The third kappa shape index (κ3) is 7.91. The average molecular weight is 237 g/mol. The van der Waals surface area contributed by atoms with Crippen LogP contribution in [0.1, 0.15) is 25.8 Å². The molecule has 0 amide bonds. The molecular weight excluding hydrogens is 214 g/mol. The van der Waals surface area contributed by atoms with Gasteiger partial charge in [0.15, 0.2) is 0 Å². The van der Waals surface area contributed by atoms with Crippen LogP contribution in [-0.2, 0) is 16.2 Å². The molecule has 17 heavy (non-hydrogen) atoms. The highest BCUT2D eigenvalue weighted by Crippen LogP contribution is 2.00. The van der Waals surface area contributed by atoms with Gasteiger partial charge in [-0.15, -0.1) is 0 Å². The van der Waals surface area contributed by atoms with Crippen molar-refractivity contribution in [2.75, 3.05) is 19.8 Å². The van der Waals surface area contributed by atoms with Crippen molar-refractivity contribution in [1.29, 1.82) is 0 Å². The molecule has 0 aliphatic rings. The lowest BCUT2D eigenvalue weighted by molar-refractivity contribution is 0.0174. The van der Waals surface area contributed by atoms with Gasteiger partial charge in [0.2, 0.25) is 0 Å². The van der Waals surface area contributed by atoms with Gasteiger partial charge in [0.1, 0.15) is 0 Å². The molecule has 0 saturated heterocycles. The summed E-state index contributed by atoms with van der Waals surface area (Å²) in [6.07, 6.45) is 0.963. The van der Waals surface area contributed by atoms with Crippen molar-refractivity contribution in [1.82, 2.24) is 5.48 Å². The maximum absolute atomic E-state index is 5.55. The normalized spacial score (nSPS) is 11.0. The lowest BCUT2D eigenvalue weighted by Crippen LogP contribution is -2.20. The largest absolute Gasteiger partial charge is 0.377 e. The predicted octanol–water partition coefficient (Wildman–Crippen LogP) is 2.77. The molecule has 0 unspecified atom stereocenters. The van der Waals surface area contributed by atoms with Crippen LogP contribution in [0.3, 0.4) is 0 Å². The van der Waals surface area contributed by atoms with Crippen LogP contribution in [0, 0.1) is 5.92 Å². The fraction of sp³-hybridized carbons (Fsp3) is 0.571. The van der Waals surface area contributed by atoms with Crippen molar-refractivity contribution in [3.63, 3.8) is 0 Å². The Labute approximate surface area is 104 Å². The summed E-state index contributed by atoms with van der Waals surface area (Å²) in [7, 11) is 0. The number of hydroxylamine groups is 1. The predicted molar refractivity (Wildman–Crippen MR) is 69.5 cm³/mol. The molecule has 1 rings (SSSR count). The van der Waals surface area contributed by atoms with Crippen LogP contribution in [0.4, 0.5) is 0 Å². The SMILES string of the molecule is CC(C)CONCCCOCc1ccccc1. The Morgan fingerprint density at radius 2 is 1.94 bits per heavy atom. The van der Waals surface area contributed by atoms with Crippen molar-refractivity contribution in [3.8, 4) is 0 Å². The first kappa shape index (κ1) is 14.2. The molecule has 0 atom stereocenters. The molecule has 0 fully saturated rings. The first-order valence-electron chi connectivity index (χ1n) is 6.25. The van der Waals surface area contributed by atoms with Gasteiger partial charge in [0.05, 0.1) is 13.2 Å². The van der Waals surface area contributed by atoms with Gasteiger partial charge >= 0.3 is 0 Å². The minimum atomic E-state index is 0.567. The molecule has 0 aromatic heterocycles. The van der Waals surface area contributed by atoms with Crippen molar-refractivity contribution in [2.24, 2.45) is 5.92 Å². The zero-order valence-corrected chi connectivity index (χ0v) is 10.8. The average Bonchev–Trinajstić information content (AvgIpc) is 2.33. The lowest BCUT2D eigenvalue weighted by atomic mass is 10.2. The van der Waals surface area contributed by atoms with Crippen LogP contribution in [0.2, 0.25) is 0 Å². The zero-order valence-electron chi connectivity index (χ0n) is 10.8. The second kappa shape index (κ2) is 9.16. The number of hydrogen-bond donors (Lipinski definition) is 1. The van der Waals surface area contributed by atoms with E-state index in [4.69, 9.17) is 9.57 Å². The van der Waals surface area contributed by atoms with Crippen LogP contribution in [0.5, 0.6) is 0 Å². The van der Waals surface area contributed by atoms with Crippen LogP contribution < -0.4 is 5.48 Å². The van der Waals surface area contributed by atoms with Gasteiger partial charge in [-0.2, -0.15) is 0 Å². The first-order chi connectivity index (χ1) is 8.29. The Balaban J connectivity index is 1.88. The molecule has 0 saturated carbocycles. The minimum Gasteiger partial charge on any atom is -0.377 e. The Morgan fingerprint density at radius 1 is 1.18 bits per heavy atom. The van der Waals surface area contributed by atoms with Crippen LogP contribution >= 0.6 is 0 Å². The maximum atomic E-state index is 5.55. The van der Waals surface area contributed by atoms with Crippen LogP contribution in [0.25, 0.3) is 0 Å². The molecule has 1 N–H and O–H groups in total. The number of hydrogen-bond acceptors (Lipinski definition) is 3. The summed E-state index contributed by atoms with van der Waals surface area (Å²) in [5.74, 6) is 0.567. The molecule has 0 radical (unpaired) electrons. The van der Waals surface area contributed by atoms with E-state index >= 15 is 0 Å². The zero-order chi connectivity index (χ0) is 12.3. The third-order valence-electron chi connectivity index (χ3n) is 2.20. The van der Waals surface area contributed by atoms with Gasteiger partial charge in [0, 0.05) is 13.2 Å². The first-order valence-corrected chi connectivity index (χ1v) is 6.25. The second-order valence-corrected chi connectivity index (χ2v) is 4.49. The van der Waals surface area contributed by atoms with Crippen LogP contribution in [0.15, 0.2) is 30.3 Å². The van der Waals surface area contributed by atoms with Gasteiger partial charge in [0.25, 0.3) is 0 Å². The van der Waals surface area contributed by atoms with E-state index in [9.17, 15) is 0 Å². The highest BCUT2D eigenvalue weighted by Gasteiger charge is 1.94. The molecule has 0 spiro atoms. The molecule has 0 aliphatic carbocycles. The quantitative estimate of drug-likeness (QED) is 0.529. The molecule has 0 aliphatic heterocycles. The van der Waals surface area contributed by atoms with E-state index in [1.165, 1.54) is 5.56 Å². The monoisotopic (exact) mass is 237 g/mol. The molecule has 0 heterocycles. The van der Waals surface area contributed by atoms with E-state index in [0.717, 1.165) is 26.2 Å². The minimum absolute atomic E-state index is 0.567. The van der Waals surface area contributed by atoms with E-state index in [2.05, 4.69) is 31.5 Å². The topological polar surface area (TPSA) is 30.5 Å². The van der Waals surface area contributed by atoms with Gasteiger partial charge in [-0.25, -0.2) is 5.48 Å². The summed E-state index contributed by atoms with van der Waals surface area (Å²) >= 11 is 0. The highest BCUT2D eigenvalue weighted by molar-refractivity contribution is 5.13. The van der Waals surface area contributed by atoms with Crippen LogP contribution in [-0.4, -0.2) is 19.8 Å². The maximum Gasteiger partial charge on any atom is 0.0716 e. The Kier molecular flexibility index (Phi) is 7.63. The molecule has 1 aromatic carbocycles. The molecule has 1 aromatic rings. The van der Waals surface area contributed by atoms with Gasteiger partial charge in [-0.1, -0.05) is 44.2 Å². The Morgan fingerprint density at radius 3 is 2.65 bits per heavy atom. The fourth-order valence-corrected chi connectivity index (χ4v) is 1.31. The molecular formula is C14H23NO2. The van der Waals surface area contributed by atoms with E-state index in [1.807, 2.05) is 18.2 Å². The number of ether oxygens (including phenoxy) is 1. The summed E-state index contributed by atoms with van der Waals surface area (Å²) in [5, 5.41) is 0. The Hall–Kier alpha value is -0.900. The smallest absolute Gasteiger partial charge is 0.0716 e. The summed E-state index contributed by atoms with van der Waals surface area (Å²) in [6.45, 7) is 7.29. The fourth-order valence-electron chi connectivity index (χ4n) is 1.31. The standard InChI is InChI=1S/C14H23NO2/c1-13(2)11-17-15-9-6-10-16-12-14-7-4-3-5-8-14/h3-5,7-8,13,15H,6,9-12H2,1-2H3. The molecule has 96 valence electrons. The van der Waals surface area contributed by atoms with Gasteiger partial charge in [-0.05, 0) is 17.9 Å². The number of rotatable bonds is 9. The number of benzene rings is 1. The van der Waals surface area contributed by atoms with Crippen molar-refractivity contribution in [3.05, 3.63) is 35.9 Å². The number of nitrogens with one attached hydrogen (secondary N) is 1. The Bertz CT molecular complexity index is 275.